The summed E-state index contributed by atoms with van der Waals surface area (Å²) in [5, 5.41) is 15.5. The van der Waals surface area contributed by atoms with Gasteiger partial charge in [-0.25, -0.2) is 4.85 Å². The minimum Gasteiger partial charge on any atom is -0.308 e. The topological polar surface area (TPSA) is 38.0 Å². The average molecular weight is 659 g/mol. The molecule has 0 aliphatic heterocycles. The van der Waals surface area contributed by atoms with Crippen LogP contribution in [-0.4, -0.2) is 9.13 Å². The molecule has 0 bridgehead atoms. The number of halogens is 3. The Bertz CT molecular complexity index is 2700. The molecule has 0 atom stereocenters. The zero-order valence-electron chi connectivity index (χ0n) is 27.7. The van der Waals surface area contributed by atoms with Crippen LogP contribution < -0.4 is 0 Å². The van der Waals surface area contributed by atoms with Crippen LogP contribution in [0, 0.1) is 45.6 Å². The van der Waals surface area contributed by atoms with E-state index in [9.17, 15) is 18.4 Å². The summed E-state index contributed by atoms with van der Waals surface area (Å²) in [5.74, 6) is 0. The molecule has 0 aliphatic rings. The van der Waals surface area contributed by atoms with Gasteiger partial charge < -0.3 is 9.13 Å². The highest BCUT2D eigenvalue weighted by Gasteiger charge is 2.32. The molecule has 0 aliphatic carbocycles. The lowest BCUT2D eigenvalue weighted by atomic mass is 9.95. The highest BCUT2D eigenvalue weighted by atomic mass is 19.4. The van der Waals surface area contributed by atoms with Crippen LogP contribution in [0.25, 0.3) is 71.0 Å². The number of rotatable bonds is 3. The van der Waals surface area contributed by atoms with Gasteiger partial charge in [0.15, 0.2) is 5.69 Å². The Labute approximate surface area is 286 Å². The van der Waals surface area contributed by atoms with Gasteiger partial charge in [-0.15, -0.1) is 0 Å². The van der Waals surface area contributed by atoms with Crippen LogP contribution in [0.15, 0.2) is 103 Å². The van der Waals surface area contributed by atoms with Crippen molar-refractivity contribution in [3.8, 4) is 28.6 Å². The first-order valence-corrected chi connectivity index (χ1v) is 16.2. The fourth-order valence-corrected chi connectivity index (χ4v) is 7.77. The van der Waals surface area contributed by atoms with E-state index in [1.165, 1.54) is 6.07 Å². The molecule has 50 heavy (non-hydrogen) atoms. The molecule has 0 N–H and O–H groups in total. The highest BCUT2D eigenvalue weighted by Crippen LogP contribution is 2.46. The van der Waals surface area contributed by atoms with Crippen molar-refractivity contribution in [1.29, 1.82) is 5.26 Å². The second-order valence-electron chi connectivity index (χ2n) is 12.9. The number of hydrogen-bond acceptors (Lipinski definition) is 1. The van der Waals surface area contributed by atoms with E-state index in [1.807, 2.05) is 48.5 Å². The molecule has 6 aromatic carbocycles. The van der Waals surface area contributed by atoms with Gasteiger partial charge in [-0.05, 0) is 97.5 Å². The van der Waals surface area contributed by atoms with Gasteiger partial charge in [0.05, 0.1) is 40.0 Å². The molecule has 0 spiro atoms. The molecule has 0 amide bonds. The Morgan fingerprint density at radius 1 is 0.600 bits per heavy atom. The van der Waals surface area contributed by atoms with Gasteiger partial charge in [-0.3, -0.25) is 0 Å². The lowest BCUT2D eigenvalue weighted by Crippen LogP contribution is -2.07. The Kier molecular flexibility index (Phi) is 6.89. The van der Waals surface area contributed by atoms with Crippen molar-refractivity contribution in [2.75, 3.05) is 0 Å². The van der Waals surface area contributed by atoms with Crippen LogP contribution in [0.1, 0.15) is 33.4 Å². The zero-order valence-corrected chi connectivity index (χ0v) is 27.7. The number of hydrogen-bond donors (Lipinski definition) is 0. The predicted octanol–water partition coefficient (Wildman–Crippen LogP) is 12.2. The molecule has 0 unspecified atom stereocenters. The lowest BCUT2D eigenvalue weighted by Gasteiger charge is -2.21. The van der Waals surface area contributed by atoms with Crippen molar-refractivity contribution < 1.29 is 13.2 Å². The van der Waals surface area contributed by atoms with Gasteiger partial charge in [-0.2, -0.15) is 18.4 Å². The van der Waals surface area contributed by atoms with Crippen molar-refractivity contribution in [2.45, 2.75) is 33.9 Å². The monoisotopic (exact) mass is 658 g/mol. The van der Waals surface area contributed by atoms with Crippen LogP contribution in [0.3, 0.4) is 0 Å². The minimum atomic E-state index is -4.61. The van der Waals surface area contributed by atoms with Crippen molar-refractivity contribution >= 4 is 49.3 Å². The van der Waals surface area contributed by atoms with Crippen molar-refractivity contribution in [1.82, 2.24) is 9.13 Å². The van der Waals surface area contributed by atoms with E-state index in [0.717, 1.165) is 78.0 Å². The fraction of sp³-hybridized carbons (Fsp3) is 0.116. The third kappa shape index (κ3) is 4.37. The Hall–Kier alpha value is -6.31. The second-order valence-corrected chi connectivity index (χ2v) is 12.9. The Morgan fingerprint density at radius 3 is 1.46 bits per heavy atom. The average Bonchev–Trinajstić information content (AvgIpc) is 3.63. The van der Waals surface area contributed by atoms with Crippen LogP contribution >= 0.6 is 0 Å². The maximum absolute atomic E-state index is 13.9. The molecular formula is C43H29F3N4. The van der Waals surface area contributed by atoms with E-state index in [4.69, 9.17) is 6.57 Å². The van der Waals surface area contributed by atoms with Gasteiger partial charge in [-0.1, -0.05) is 66.7 Å². The zero-order chi connectivity index (χ0) is 35.1. The second kappa shape index (κ2) is 11.1. The summed E-state index contributed by atoms with van der Waals surface area (Å²) in [4.78, 5) is 3.58. The molecule has 0 saturated carbocycles. The Balaban J connectivity index is 1.60. The van der Waals surface area contributed by atoms with E-state index in [0.29, 0.717) is 28.1 Å². The minimum absolute atomic E-state index is 0.144. The number of nitrogens with zero attached hydrogens (tertiary/aromatic N) is 4. The molecule has 242 valence electrons. The third-order valence-electron chi connectivity index (χ3n) is 9.93. The van der Waals surface area contributed by atoms with Crippen molar-refractivity contribution in [2.24, 2.45) is 0 Å². The van der Waals surface area contributed by atoms with Crippen molar-refractivity contribution in [3.05, 3.63) is 148 Å². The first-order valence-electron chi connectivity index (χ1n) is 16.2. The van der Waals surface area contributed by atoms with E-state index in [2.05, 4.69) is 84.1 Å². The quantitative estimate of drug-likeness (QED) is 0.174. The molecule has 2 heterocycles. The summed E-state index contributed by atoms with van der Waals surface area (Å²) >= 11 is 0. The maximum Gasteiger partial charge on any atom is 0.415 e. The molecule has 7 heteroatoms. The summed E-state index contributed by atoms with van der Waals surface area (Å²) in [6.07, 6.45) is -4.61. The van der Waals surface area contributed by atoms with Gasteiger partial charge >= 0.3 is 6.18 Å². The number of aryl methyl sites for hydroxylation is 4. The molecule has 0 fully saturated rings. The molecule has 4 nitrogen and oxygen atoms in total. The molecule has 2 aromatic heterocycles. The summed E-state index contributed by atoms with van der Waals surface area (Å²) in [6, 6.07) is 33.8. The normalized spacial score (nSPS) is 11.9. The van der Waals surface area contributed by atoms with Crippen LogP contribution in [0.2, 0.25) is 0 Å². The number of nitriles is 1. The van der Waals surface area contributed by atoms with Crippen molar-refractivity contribution in [3.63, 3.8) is 0 Å². The molecule has 8 aromatic rings. The predicted molar refractivity (Wildman–Crippen MR) is 195 cm³/mol. The van der Waals surface area contributed by atoms with Gasteiger partial charge in [0.2, 0.25) is 0 Å². The number of benzene rings is 6. The standard InChI is InChI=1S/C43H29F3N4/c1-24-10-6-14-34-38(24)39-25(2)11-7-15-35(39)49(34)33-21-20-30(29-19-18-28(43(44,45)46)22-32(29)48-5)42(31(33)23-47)50-36-16-8-12-26(3)40(36)41-27(4)13-9-17-37(41)50/h6-22H,1-4H3. The molecular weight excluding hydrogens is 629 g/mol. The van der Waals surface area contributed by atoms with Gasteiger partial charge in [0.1, 0.15) is 11.6 Å². The molecule has 8 rings (SSSR count). The van der Waals surface area contributed by atoms with E-state index in [-0.39, 0.29) is 5.69 Å². The van der Waals surface area contributed by atoms with Crippen LogP contribution in [-0.2, 0) is 6.18 Å². The first kappa shape index (κ1) is 31.0. The largest absolute Gasteiger partial charge is 0.415 e. The Morgan fingerprint density at radius 2 is 1.04 bits per heavy atom. The van der Waals surface area contributed by atoms with E-state index < -0.39 is 11.7 Å². The summed E-state index contributed by atoms with van der Waals surface area (Å²) in [6.45, 7) is 16.2. The molecule has 0 radical (unpaired) electrons. The fourth-order valence-electron chi connectivity index (χ4n) is 7.77. The summed E-state index contributed by atoms with van der Waals surface area (Å²) in [5.41, 5.74) is 9.15. The van der Waals surface area contributed by atoms with E-state index >= 15 is 0 Å². The van der Waals surface area contributed by atoms with Gasteiger partial charge in [0.25, 0.3) is 0 Å². The molecule has 0 saturated heterocycles. The number of aromatic nitrogens is 2. The highest BCUT2D eigenvalue weighted by molar-refractivity contribution is 6.14. The third-order valence-corrected chi connectivity index (χ3v) is 9.93. The summed E-state index contributed by atoms with van der Waals surface area (Å²) in [7, 11) is 0. The van der Waals surface area contributed by atoms with Crippen LogP contribution in [0.5, 0.6) is 0 Å². The first-order chi connectivity index (χ1) is 24.0. The van der Waals surface area contributed by atoms with E-state index in [1.54, 1.807) is 0 Å². The smallest absolute Gasteiger partial charge is 0.308 e. The number of fused-ring (bicyclic) bond motifs is 6. The maximum atomic E-state index is 13.9. The van der Waals surface area contributed by atoms with Gasteiger partial charge in [0, 0.05) is 27.1 Å². The number of alkyl halides is 3. The SMILES string of the molecule is [C-]#[N+]c1cc(C(F)(F)F)ccc1-c1ccc(-n2c3cccc(C)c3c3c(C)cccc32)c(C#N)c1-n1c2cccc(C)c2c2c(C)cccc21. The van der Waals surface area contributed by atoms with Crippen LogP contribution in [0.4, 0.5) is 18.9 Å². The lowest BCUT2D eigenvalue weighted by molar-refractivity contribution is -0.137. The summed E-state index contributed by atoms with van der Waals surface area (Å²) < 4.78 is 45.7.